The van der Waals surface area contributed by atoms with Gasteiger partial charge in [0.15, 0.2) is 0 Å². The van der Waals surface area contributed by atoms with Crippen LogP contribution < -0.4 is 9.64 Å². The van der Waals surface area contributed by atoms with Gasteiger partial charge in [-0.15, -0.1) is 0 Å². The highest BCUT2D eigenvalue weighted by Crippen LogP contribution is 2.45. The number of carbonyl (C=O) groups is 2. The van der Waals surface area contributed by atoms with E-state index in [-0.39, 0.29) is 24.4 Å². The van der Waals surface area contributed by atoms with Gasteiger partial charge in [0.25, 0.3) is 0 Å². The van der Waals surface area contributed by atoms with Crippen LogP contribution >= 0.6 is 0 Å². The minimum absolute atomic E-state index is 0.131. The number of amides is 1. The van der Waals surface area contributed by atoms with Crippen molar-refractivity contribution in [3.8, 4) is 5.75 Å². The molecule has 1 N–H and O–H groups in total. The zero-order valence-corrected chi connectivity index (χ0v) is 18.4. The molecule has 0 bridgehead atoms. The van der Waals surface area contributed by atoms with Gasteiger partial charge in [0.05, 0.1) is 18.6 Å². The Morgan fingerprint density at radius 2 is 1.56 bits per heavy atom. The van der Waals surface area contributed by atoms with Crippen LogP contribution in [0.3, 0.4) is 0 Å². The fourth-order valence-corrected chi connectivity index (χ4v) is 4.16. The van der Waals surface area contributed by atoms with Crippen molar-refractivity contribution in [2.24, 2.45) is 5.92 Å². The van der Waals surface area contributed by atoms with Gasteiger partial charge in [0.2, 0.25) is 5.91 Å². The molecule has 0 radical (unpaired) electrons. The van der Waals surface area contributed by atoms with E-state index < -0.39 is 17.7 Å². The molecule has 5 nitrogen and oxygen atoms in total. The van der Waals surface area contributed by atoms with Crippen LogP contribution in [0.25, 0.3) is 5.57 Å². The smallest absolute Gasteiger partial charge is 0.308 e. The third-order valence-electron chi connectivity index (χ3n) is 5.81. The molecular formula is C27H23F2NO4. The molecule has 0 aromatic heterocycles. The second-order valence-corrected chi connectivity index (χ2v) is 8.03. The lowest BCUT2D eigenvalue weighted by atomic mass is 9.79. The van der Waals surface area contributed by atoms with E-state index >= 15 is 0 Å². The van der Waals surface area contributed by atoms with Crippen LogP contribution in [0.1, 0.15) is 30.5 Å². The van der Waals surface area contributed by atoms with Crippen LogP contribution in [0.15, 0.2) is 78.9 Å². The lowest BCUT2D eigenvalue weighted by Crippen LogP contribution is -2.55. The van der Waals surface area contributed by atoms with Crippen LogP contribution in [0.5, 0.6) is 5.75 Å². The molecule has 1 aliphatic heterocycles. The second kappa shape index (κ2) is 9.97. The summed E-state index contributed by atoms with van der Waals surface area (Å²) in [5.74, 6) is -1.36. The maximum absolute atomic E-state index is 13.4. The number of hydrogen-bond donors (Lipinski definition) is 1. The molecule has 0 spiro atoms. The summed E-state index contributed by atoms with van der Waals surface area (Å²) in [6.45, 7) is 1.06. The first kappa shape index (κ1) is 23.3. The van der Waals surface area contributed by atoms with Crippen LogP contribution in [-0.2, 0) is 9.59 Å². The quantitative estimate of drug-likeness (QED) is 0.302. The summed E-state index contributed by atoms with van der Waals surface area (Å²) in [7, 11) is 0. The maximum Gasteiger partial charge on any atom is 0.308 e. The first-order valence-corrected chi connectivity index (χ1v) is 10.8. The SMILES string of the molecule is CC(=O)Oc1ccc([C@@H]2[C@@H](C/C=C(\CO)c3ccc(F)cc3)C(=O)N2c2ccc(F)cc2)cc1. The first-order valence-electron chi connectivity index (χ1n) is 10.8. The van der Waals surface area contributed by atoms with Gasteiger partial charge in [-0.1, -0.05) is 30.3 Å². The third kappa shape index (κ3) is 4.89. The Kier molecular flexibility index (Phi) is 6.84. The van der Waals surface area contributed by atoms with Gasteiger partial charge in [0.1, 0.15) is 17.4 Å². The van der Waals surface area contributed by atoms with E-state index in [2.05, 4.69) is 0 Å². The largest absolute Gasteiger partial charge is 0.427 e. The molecule has 3 aromatic rings. The predicted octanol–water partition coefficient (Wildman–Crippen LogP) is 5.06. The highest BCUT2D eigenvalue weighted by molar-refractivity contribution is 6.03. The van der Waals surface area contributed by atoms with Gasteiger partial charge in [-0.25, -0.2) is 8.78 Å². The van der Waals surface area contributed by atoms with Crippen LogP contribution in [0, 0.1) is 17.6 Å². The van der Waals surface area contributed by atoms with E-state index in [1.54, 1.807) is 59.5 Å². The average Bonchev–Trinajstić information content (AvgIpc) is 2.82. The predicted molar refractivity (Wildman–Crippen MR) is 124 cm³/mol. The van der Waals surface area contributed by atoms with Gasteiger partial charge < -0.3 is 14.7 Å². The van der Waals surface area contributed by atoms with Crippen LogP contribution in [-0.4, -0.2) is 23.6 Å². The van der Waals surface area contributed by atoms with E-state index in [0.717, 1.165) is 5.56 Å². The van der Waals surface area contributed by atoms with Gasteiger partial charge in [-0.3, -0.25) is 9.59 Å². The van der Waals surface area contributed by atoms with Crippen molar-refractivity contribution in [3.05, 3.63) is 102 Å². The normalized spacial score (nSPS) is 17.9. The van der Waals surface area contributed by atoms with E-state index in [9.17, 15) is 23.5 Å². The number of halogens is 2. The highest BCUT2D eigenvalue weighted by Gasteiger charge is 2.48. The molecule has 1 aliphatic rings. The van der Waals surface area contributed by atoms with Crippen molar-refractivity contribution in [2.75, 3.05) is 11.5 Å². The number of nitrogens with zero attached hydrogens (tertiary/aromatic N) is 1. The molecule has 1 saturated heterocycles. The summed E-state index contributed by atoms with van der Waals surface area (Å²) in [5, 5.41) is 9.83. The van der Waals surface area contributed by atoms with Crippen LogP contribution in [0.4, 0.5) is 14.5 Å². The topological polar surface area (TPSA) is 66.8 Å². The summed E-state index contributed by atoms with van der Waals surface area (Å²) in [5.41, 5.74) is 2.66. The highest BCUT2D eigenvalue weighted by atomic mass is 19.1. The third-order valence-corrected chi connectivity index (χ3v) is 5.81. The molecule has 2 atom stereocenters. The molecular weight excluding hydrogens is 440 g/mol. The molecule has 174 valence electrons. The summed E-state index contributed by atoms with van der Waals surface area (Å²) >= 11 is 0. The number of carbonyl (C=O) groups excluding carboxylic acids is 2. The molecule has 0 aliphatic carbocycles. The Morgan fingerprint density at radius 3 is 2.12 bits per heavy atom. The number of benzene rings is 3. The van der Waals surface area contributed by atoms with Crippen molar-refractivity contribution in [3.63, 3.8) is 0 Å². The molecule has 3 aromatic carbocycles. The van der Waals surface area contributed by atoms with Crippen molar-refractivity contribution in [1.82, 2.24) is 0 Å². The van der Waals surface area contributed by atoms with Gasteiger partial charge in [-0.2, -0.15) is 0 Å². The summed E-state index contributed by atoms with van der Waals surface area (Å²) in [6.07, 6.45) is 2.14. The number of rotatable bonds is 7. The number of ether oxygens (including phenoxy) is 1. The number of anilines is 1. The Balaban J connectivity index is 1.63. The van der Waals surface area contributed by atoms with Gasteiger partial charge in [0, 0.05) is 12.6 Å². The number of aliphatic hydroxyl groups excluding tert-OH is 1. The van der Waals surface area contributed by atoms with Gasteiger partial charge in [-0.05, 0) is 71.7 Å². The summed E-state index contributed by atoms with van der Waals surface area (Å²) in [6, 6.07) is 18.1. The van der Waals surface area contributed by atoms with E-state index in [4.69, 9.17) is 4.74 Å². The van der Waals surface area contributed by atoms with E-state index in [1.807, 2.05) is 0 Å². The molecule has 1 heterocycles. The molecule has 0 saturated carbocycles. The number of esters is 1. The first-order chi connectivity index (χ1) is 16.4. The molecule has 0 unspecified atom stereocenters. The fourth-order valence-electron chi connectivity index (χ4n) is 4.16. The lowest BCUT2D eigenvalue weighted by molar-refractivity contribution is -0.132. The lowest BCUT2D eigenvalue weighted by Gasteiger charge is -2.47. The minimum Gasteiger partial charge on any atom is -0.427 e. The van der Waals surface area contributed by atoms with E-state index in [1.165, 1.54) is 31.2 Å². The number of allylic oxidation sites excluding steroid dienone is 1. The number of hydrogen-bond acceptors (Lipinski definition) is 4. The van der Waals surface area contributed by atoms with Crippen LogP contribution in [0.2, 0.25) is 0 Å². The van der Waals surface area contributed by atoms with Gasteiger partial charge >= 0.3 is 5.97 Å². The summed E-state index contributed by atoms with van der Waals surface area (Å²) < 4.78 is 31.8. The monoisotopic (exact) mass is 463 g/mol. The van der Waals surface area contributed by atoms with Crippen molar-refractivity contribution in [1.29, 1.82) is 0 Å². The Morgan fingerprint density at radius 1 is 0.971 bits per heavy atom. The number of β-lactam (4-membered cyclic amide) rings is 1. The van der Waals surface area contributed by atoms with Crippen molar-refractivity contribution < 1.29 is 28.2 Å². The second-order valence-electron chi connectivity index (χ2n) is 8.03. The molecule has 1 amide bonds. The molecule has 34 heavy (non-hydrogen) atoms. The zero-order valence-electron chi connectivity index (χ0n) is 18.4. The van der Waals surface area contributed by atoms with Crippen molar-refractivity contribution >= 4 is 23.1 Å². The van der Waals surface area contributed by atoms with Crippen molar-refractivity contribution in [2.45, 2.75) is 19.4 Å². The minimum atomic E-state index is -0.431. The van der Waals surface area contributed by atoms with E-state index in [0.29, 0.717) is 29.0 Å². The Bertz CT molecular complexity index is 1200. The Labute approximate surface area is 195 Å². The average molecular weight is 463 g/mol. The maximum atomic E-state index is 13.4. The Hall–Kier alpha value is -3.84. The zero-order chi connectivity index (χ0) is 24.2. The number of aliphatic hydroxyl groups is 1. The molecule has 7 heteroatoms. The summed E-state index contributed by atoms with van der Waals surface area (Å²) in [4.78, 5) is 26.0. The standard InChI is InChI=1S/C27H23F2NO4/c1-17(32)34-24-13-4-19(5-14-24)26-25(27(33)30(26)23-11-9-22(29)10-12-23)15-6-20(16-31)18-2-7-21(28)8-3-18/h2-14,25-26,31H,15-16H2,1H3/b20-6+/t25-,26-/m1/s1. The molecule has 4 rings (SSSR count). The molecule has 1 fully saturated rings. The fraction of sp³-hybridized carbons (Fsp3) is 0.185.